The maximum absolute atomic E-state index is 5.23. The van der Waals surface area contributed by atoms with Crippen molar-refractivity contribution in [3.63, 3.8) is 0 Å². The molecule has 0 bridgehead atoms. The number of para-hydroxylation sites is 2. The van der Waals surface area contributed by atoms with Crippen molar-refractivity contribution in [3.8, 4) is 45.0 Å². The van der Waals surface area contributed by atoms with E-state index in [0.29, 0.717) is 5.82 Å². The molecule has 0 fully saturated rings. The molecule has 0 N–H and O–H groups in total. The Morgan fingerprint density at radius 3 is 1.96 bits per heavy atom. The summed E-state index contributed by atoms with van der Waals surface area (Å²) in [7, 11) is 0. The van der Waals surface area contributed by atoms with Gasteiger partial charge in [-0.15, -0.1) is 0 Å². The molecule has 5 nitrogen and oxygen atoms in total. The molecule has 0 spiro atoms. The van der Waals surface area contributed by atoms with Crippen LogP contribution in [0.3, 0.4) is 0 Å². The molecule has 0 aliphatic carbocycles. The predicted molar refractivity (Wildman–Crippen MR) is 200 cm³/mol. The van der Waals surface area contributed by atoms with Gasteiger partial charge in [0.05, 0.1) is 27.9 Å². The van der Waals surface area contributed by atoms with Crippen molar-refractivity contribution in [2.24, 2.45) is 0 Å². The standard InChI is InChI=1S/C44H27N5/c1-2-15-33-29(11-1)12-10-18-34(33)41-35-16-3-6-20-38(35)46-44(48-41)32-14-9-13-31(27-32)28-22-24-30(25-23-28)40-43-42(36-17-4-5-19-37(36)45-40)47-39-21-7-8-26-49(39)43/h1-27H. The van der Waals surface area contributed by atoms with Crippen LogP contribution in [0.25, 0.3) is 94.3 Å². The zero-order valence-electron chi connectivity index (χ0n) is 26.3. The van der Waals surface area contributed by atoms with Gasteiger partial charge in [-0.2, -0.15) is 0 Å². The normalized spacial score (nSPS) is 11.7. The third kappa shape index (κ3) is 4.48. The van der Waals surface area contributed by atoms with Gasteiger partial charge in [-0.25, -0.2) is 19.9 Å². The summed E-state index contributed by atoms with van der Waals surface area (Å²) in [5.74, 6) is 0.704. The largest absolute Gasteiger partial charge is 0.298 e. The molecule has 0 amide bonds. The van der Waals surface area contributed by atoms with Crippen LogP contribution in [-0.4, -0.2) is 24.3 Å². The summed E-state index contributed by atoms with van der Waals surface area (Å²) in [4.78, 5) is 20.4. The maximum atomic E-state index is 5.23. The van der Waals surface area contributed by atoms with Gasteiger partial charge in [0, 0.05) is 33.7 Å². The molecule has 228 valence electrons. The molecule has 0 aliphatic rings. The van der Waals surface area contributed by atoms with Gasteiger partial charge in [0.15, 0.2) is 5.82 Å². The second kappa shape index (κ2) is 10.9. The fraction of sp³-hybridized carbons (Fsp3) is 0. The first kappa shape index (κ1) is 27.4. The molecule has 0 aliphatic heterocycles. The molecule has 0 saturated carbocycles. The van der Waals surface area contributed by atoms with Gasteiger partial charge in [0.1, 0.15) is 11.2 Å². The molecule has 49 heavy (non-hydrogen) atoms. The highest BCUT2D eigenvalue weighted by atomic mass is 15.0. The van der Waals surface area contributed by atoms with Crippen LogP contribution >= 0.6 is 0 Å². The van der Waals surface area contributed by atoms with E-state index in [0.717, 1.165) is 77.7 Å². The summed E-state index contributed by atoms with van der Waals surface area (Å²) in [6.07, 6.45) is 2.06. The van der Waals surface area contributed by atoms with Crippen molar-refractivity contribution in [2.45, 2.75) is 0 Å². The summed E-state index contributed by atoms with van der Waals surface area (Å²) in [5, 5.41) is 4.46. The lowest BCUT2D eigenvalue weighted by Crippen LogP contribution is -1.96. The molecule has 5 heteroatoms. The van der Waals surface area contributed by atoms with E-state index >= 15 is 0 Å². The zero-order valence-corrected chi connectivity index (χ0v) is 26.3. The number of pyridine rings is 2. The Labute approximate surface area is 281 Å². The van der Waals surface area contributed by atoms with Crippen molar-refractivity contribution in [2.75, 3.05) is 0 Å². The number of nitrogens with zero attached hydrogens (tertiary/aromatic N) is 5. The second-order valence-corrected chi connectivity index (χ2v) is 12.3. The van der Waals surface area contributed by atoms with E-state index in [1.165, 1.54) is 10.8 Å². The minimum Gasteiger partial charge on any atom is -0.298 e. The third-order valence-corrected chi connectivity index (χ3v) is 9.41. The summed E-state index contributed by atoms with van der Waals surface area (Å²) < 4.78 is 2.14. The summed E-state index contributed by atoms with van der Waals surface area (Å²) in [5.41, 5.74) is 11.9. The Kier molecular flexibility index (Phi) is 6.11. The average molecular weight is 626 g/mol. The smallest absolute Gasteiger partial charge is 0.160 e. The Morgan fingerprint density at radius 1 is 0.408 bits per heavy atom. The SMILES string of the molecule is c1cc(-c2ccc(-c3nc4ccccc4c4nc5ccccn5c34)cc2)cc(-c2nc(-c3cccc4ccccc34)c3ccccc3n2)c1. The van der Waals surface area contributed by atoms with Gasteiger partial charge >= 0.3 is 0 Å². The lowest BCUT2D eigenvalue weighted by Gasteiger charge is -2.12. The van der Waals surface area contributed by atoms with Crippen LogP contribution in [0.4, 0.5) is 0 Å². The van der Waals surface area contributed by atoms with Crippen LogP contribution in [0.5, 0.6) is 0 Å². The van der Waals surface area contributed by atoms with E-state index in [1.807, 2.05) is 36.4 Å². The van der Waals surface area contributed by atoms with Crippen LogP contribution in [0, 0.1) is 0 Å². The van der Waals surface area contributed by atoms with E-state index in [9.17, 15) is 0 Å². The van der Waals surface area contributed by atoms with Crippen molar-refractivity contribution in [3.05, 3.63) is 164 Å². The Balaban J connectivity index is 1.08. The molecule has 4 aromatic heterocycles. The quantitative estimate of drug-likeness (QED) is 0.195. The molecule has 4 heterocycles. The first-order valence-corrected chi connectivity index (χ1v) is 16.4. The molecule has 0 unspecified atom stereocenters. The van der Waals surface area contributed by atoms with Crippen molar-refractivity contribution < 1.29 is 0 Å². The fourth-order valence-electron chi connectivity index (χ4n) is 7.06. The van der Waals surface area contributed by atoms with Gasteiger partial charge < -0.3 is 0 Å². The lowest BCUT2D eigenvalue weighted by molar-refractivity contribution is 1.22. The molecule has 10 rings (SSSR count). The Bertz CT molecular complexity index is 2880. The van der Waals surface area contributed by atoms with Gasteiger partial charge in [-0.1, -0.05) is 127 Å². The van der Waals surface area contributed by atoms with E-state index in [4.69, 9.17) is 19.9 Å². The van der Waals surface area contributed by atoms with E-state index in [-0.39, 0.29) is 0 Å². The topological polar surface area (TPSA) is 56.0 Å². The number of hydrogen-bond acceptors (Lipinski definition) is 4. The summed E-state index contributed by atoms with van der Waals surface area (Å²) >= 11 is 0. The summed E-state index contributed by atoms with van der Waals surface area (Å²) in [6.45, 7) is 0. The Hall–Kier alpha value is -6.72. The number of aromatic nitrogens is 5. The molecule has 10 aromatic rings. The van der Waals surface area contributed by atoms with E-state index in [1.54, 1.807) is 0 Å². The number of hydrogen-bond donors (Lipinski definition) is 0. The molecule has 0 radical (unpaired) electrons. The Morgan fingerprint density at radius 2 is 1.08 bits per heavy atom. The average Bonchev–Trinajstić information content (AvgIpc) is 3.57. The highest BCUT2D eigenvalue weighted by Crippen LogP contribution is 2.36. The van der Waals surface area contributed by atoms with Crippen molar-refractivity contribution in [1.82, 2.24) is 24.3 Å². The number of benzene rings is 6. The van der Waals surface area contributed by atoms with E-state index < -0.39 is 0 Å². The minimum atomic E-state index is 0.704. The van der Waals surface area contributed by atoms with Crippen molar-refractivity contribution in [1.29, 1.82) is 0 Å². The number of fused-ring (bicyclic) bond motifs is 7. The van der Waals surface area contributed by atoms with Gasteiger partial charge in [-0.3, -0.25) is 4.40 Å². The molecule has 0 atom stereocenters. The lowest BCUT2D eigenvalue weighted by atomic mass is 9.98. The fourth-order valence-corrected chi connectivity index (χ4v) is 7.06. The second-order valence-electron chi connectivity index (χ2n) is 12.3. The zero-order chi connectivity index (χ0) is 32.3. The van der Waals surface area contributed by atoms with Crippen molar-refractivity contribution >= 4 is 49.3 Å². The molecular formula is C44H27N5. The number of rotatable bonds is 4. The molecule has 0 saturated heterocycles. The molecule has 6 aromatic carbocycles. The first-order valence-electron chi connectivity index (χ1n) is 16.4. The summed E-state index contributed by atoms with van der Waals surface area (Å²) in [6, 6.07) is 54.6. The predicted octanol–water partition coefficient (Wildman–Crippen LogP) is 10.8. The van der Waals surface area contributed by atoms with Gasteiger partial charge in [0.25, 0.3) is 0 Å². The van der Waals surface area contributed by atoms with Crippen LogP contribution in [0.15, 0.2) is 164 Å². The molecular weight excluding hydrogens is 599 g/mol. The van der Waals surface area contributed by atoms with Gasteiger partial charge in [0.2, 0.25) is 0 Å². The van der Waals surface area contributed by atoms with Gasteiger partial charge in [-0.05, 0) is 52.2 Å². The van der Waals surface area contributed by atoms with Crippen LogP contribution < -0.4 is 0 Å². The third-order valence-electron chi connectivity index (χ3n) is 9.41. The minimum absolute atomic E-state index is 0.704. The first-order chi connectivity index (χ1) is 24.3. The van der Waals surface area contributed by atoms with Crippen LogP contribution in [-0.2, 0) is 0 Å². The maximum Gasteiger partial charge on any atom is 0.160 e. The highest BCUT2D eigenvalue weighted by Gasteiger charge is 2.17. The number of imidazole rings is 1. The van der Waals surface area contributed by atoms with Crippen LogP contribution in [0.1, 0.15) is 0 Å². The van der Waals surface area contributed by atoms with Crippen LogP contribution in [0.2, 0.25) is 0 Å². The van der Waals surface area contributed by atoms with E-state index in [2.05, 4.69) is 132 Å². The highest BCUT2D eigenvalue weighted by molar-refractivity contribution is 6.09. The monoisotopic (exact) mass is 625 g/mol.